The number of amides is 1. The van der Waals surface area contributed by atoms with Crippen LogP contribution in [0.2, 0.25) is 0 Å². The van der Waals surface area contributed by atoms with E-state index in [-0.39, 0.29) is 23.5 Å². The molecule has 1 amide bonds. The van der Waals surface area contributed by atoms with Crippen molar-refractivity contribution in [2.75, 3.05) is 18.1 Å². The number of hydrogen-bond donors (Lipinski definition) is 0. The minimum Gasteiger partial charge on any atom is -0.494 e. The van der Waals surface area contributed by atoms with E-state index in [0.717, 1.165) is 29.9 Å². The lowest BCUT2D eigenvalue weighted by molar-refractivity contribution is 0.0683. The largest absolute Gasteiger partial charge is 0.494 e. The van der Waals surface area contributed by atoms with Gasteiger partial charge in [-0.3, -0.25) is 4.79 Å². The number of sulfone groups is 1. The third-order valence-electron chi connectivity index (χ3n) is 4.93. The molecule has 2 heterocycles. The van der Waals surface area contributed by atoms with Crippen LogP contribution in [0.3, 0.4) is 0 Å². The fraction of sp³-hybridized carbons (Fsp3) is 0.476. The van der Waals surface area contributed by atoms with Crippen LogP contribution in [0.25, 0.3) is 0 Å². The van der Waals surface area contributed by atoms with Gasteiger partial charge in [-0.25, -0.2) is 8.42 Å². The molecule has 0 unspecified atom stereocenters. The van der Waals surface area contributed by atoms with E-state index in [1.165, 1.54) is 0 Å². The maximum Gasteiger partial charge on any atom is 0.254 e. The molecule has 1 atom stereocenters. The standard InChI is InChI=1S/C21H27NO4S2/c1-2-3-4-12-26-19-9-7-17(8-10-19)21(23)22(15-20-6-5-13-27-20)18-11-14-28(24,25)16-18/h5-10,13,18H,2-4,11-12,14-16H2,1H3/t18-/m0/s1. The van der Waals surface area contributed by atoms with E-state index < -0.39 is 9.84 Å². The van der Waals surface area contributed by atoms with E-state index in [9.17, 15) is 13.2 Å². The van der Waals surface area contributed by atoms with Crippen molar-refractivity contribution in [2.24, 2.45) is 0 Å². The molecule has 2 aromatic rings. The van der Waals surface area contributed by atoms with E-state index in [1.807, 2.05) is 29.6 Å². The summed E-state index contributed by atoms with van der Waals surface area (Å²) in [5, 5.41) is 1.97. The molecule has 3 rings (SSSR count). The highest BCUT2D eigenvalue weighted by atomic mass is 32.2. The van der Waals surface area contributed by atoms with Gasteiger partial charge in [0.25, 0.3) is 5.91 Å². The molecule has 1 aliphatic heterocycles. The number of hydrogen-bond acceptors (Lipinski definition) is 5. The van der Waals surface area contributed by atoms with Gasteiger partial charge < -0.3 is 9.64 Å². The highest BCUT2D eigenvalue weighted by molar-refractivity contribution is 7.91. The van der Waals surface area contributed by atoms with Crippen molar-refractivity contribution in [3.63, 3.8) is 0 Å². The molecule has 0 bridgehead atoms. The first-order valence-corrected chi connectivity index (χ1v) is 12.5. The molecule has 0 spiro atoms. The maximum absolute atomic E-state index is 13.2. The number of carbonyl (C=O) groups is 1. The molecule has 1 aromatic heterocycles. The smallest absolute Gasteiger partial charge is 0.254 e. The maximum atomic E-state index is 13.2. The van der Waals surface area contributed by atoms with Gasteiger partial charge in [-0.1, -0.05) is 25.8 Å². The summed E-state index contributed by atoms with van der Waals surface area (Å²) in [5.41, 5.74) is 0.557. The van der Waals surface area contributed by atoms with Crippen LogP contribution in [0.1, 0.15) is 47.8 Å². The summed E-state index contributed by atoms with van der Waals surface area (Å²) in [6.45, 7) is 3.26. The Bertz CT molecular complexity index is 860. The number of thiophene rings is 1. The summed E-state index contributed by atoms with van der Waals surface area (Å²) in [7, 11) is -3.07. The van der Waals surface area contributed by atoms with Gasteiger partial charge in [-0.05, 0) is 48.6 Å². The van der Waals surface area contributed by atoms with Gasteiger partial charge in [-0.2, -0.15) is 0 Å². The van der Waals surface area contributed by atoms with E-state index in [4.69, 9.17) is 4.74 Å². The highest BCUT2D eigenvalue weighted by Gasteiger charge is 2.35. The lowest BCUT2D eigenvalue weighted by Gasteiger charge is -2.28. The number of rotatable bonds is 9. The summed E-state index contributed by atoms with van der Waals surface area (Å²) in [6.07, 6.45) is 3.80. The number of ether oxygens (including phenoxy) is 1. The van der Waals surface area contributed by atoms with Crippen LogP contribution in [0, 0.1) is 0 Å². The zero-order valence-electron chi connectivity index (χ0n) is 16.2. The van der Waals surface area contributed by atoms with E-state index in [0.29, 0.717) is 25.1 Å². The van der Waals surface area contributed by atoms with Crippen LogP contribution in [0.5, 0.6) is 5.75 Å². The topological polar surface area (TPSA) is 63.7 Å². The first kappa shape index (κ1) is 20.9. The second-order valence-corrected chi connectivity index (χ2v) is 10.4. The predicted octanol–water partition coefficient (Wildman–Crippen LogP) is 4.15. The Balaban J connectivity index is 1.71. The van der Waals surface area contributed by atoms with Crippen molar-refractivity contribution in [3.05, 3.63) is 52.2 Å². The van der Waals surface area contributed by atoms with Gasteiger partial charge in [-0.15, -0.1) is 11.3 Å². The second-order valence-electron chi connectivity index (χ2n) is 7.15. The van der Waals surface area contributed by atoms with Gasteiger partial charge in [0.15, 0.2) is 9.84 Å². The first-order chi connectivity index (χ1) is 13.5. The van der Waals surface area contributed by atoms with Crippen molar-refractivity contribution in [3.8, 4) is 5.75 Å². The number of benzene rings is 1. The molecule has 1 fully saturated rings. The molecule has 1 aromatic carbocycles. The lowest BCUT2D eigenvalue weighted by Crippen LogP contribution is -2.40. The molecular formula is C21H27NO4S2. The minimum atomic E-state index is -3.07. The lowest BCUT2D eigenvalue weighted by atomic mass is 10.1. The Morgan fingerprint density at radius 1 is 1.21 bits per heavy atom. The van der Waals surface area contributed by atoms with Crippen molar-refractivity contribution in [1.29, 1.82) is 0 Å². The molecule has 7 heteroatoms. The summed E-state index contributed by atoms with van der Waals surface area (Å²) >= 11 is 1.57. The van der Waals surface area contributed by atoms with Gasteiger partial charge >= 0.3 is 0 Å². The molecule has 28 heavy (non-hydrogen) atoms. The highest BCUT2D eigenvalue weighted by Crippen LogP contribution is 2.24. The quantitative estimate of drug-likeness (QED) is 0.571. The third kappa shape index (κ3) is 5.58. The molecule has 0 saturated carbocycles. The van der Waals surface area contributed by atoms with Crippen molar-refractivity contribution >= 4 is 27.1 Å². The van der Waals surface area contributed by atoms with Crippen molar-refractivity contribution < 1.29 is 17.9 Å². The summed E-state index contributed by atoms with van der Waals surface area (Å²) in [6, 6.07) is 10.8. The normalized spacial score (nSPS) is 18.1. The zero-order valence-corrected chi connectivity index (χ0v) is 17.8. The van der Waals surface area contributed by atoms with Crippen LogP contribution in [0.4, 0.5) is 0 Å². The summed E-state index contributed by atoms with van der Waals surface area (Å²) < 4.78 is 29.6. The molecule has 0 N–H and O–H groups in total. The Morgan fingerprint density at radius 2 is 2.00 bits per heavy atom. The van der Waals surface area contributed by atoms with Crippen LogP contribution in [-0.4, -0.2) is 43.4 Å². The van der Waals surface area contributed by atoms with E-state index >= 15 is 0 Å². The third-order valence-corrected chi connectivity index (χ3v) is 7.55. The zero-order chi connectivity index (χ0) is 20.0. The van der Waals surface area contributed by atoms with Crippen LogP contribution in [0.15, 0.2) is 41.8 Å². The van der Waals surface area contributed by atoms with Crippen LogP contribution >= 0.6 is 11.3 Å². The van der Waals surface area contributed by atoms with Crippen molar-refractivity contribution in [2.45, 2.75) is 45.2 Å². The average Bonchev–Trinajstić information content (AvgIpc) is 3.32. The van der Waals surface area contributed by atoms with Gasteiger partial charge in [0, 0.05) is 16.5 Å². The average molecular weight is 422 g/mol. The number of nitrogens with zero attached hydrogens (tertiary/aromatic N) is 1. The molecule has 152 valence electrons. The summed E-state index contributed by atoms with van der Waals surface area (Å²) in [4.78, 5) is 15.9. The first-order valence-electron chi connectivity index (χ1n) is 9.75. The predicted molar refractivity (Wildman–Crippen MR) is 113 cm³/mol. The fourth-order valence-electron chi connectivity index (χ4n) is 3.36. The molecular weight excluding hydrogens is 394 g/mol. The SMILES string of the molecule is CCCCCOc1ccc(C(=O)N(Cc2cccs2)[C@H]2CCS(=O)(=O)C2)cc1. The monoisotopic (exact) mass is 421 g/mol. The van der Waals surface area contributed by atoms with E-state index in [1.54, 1.807) is 28.4 Å². The van der Waals surface area contributed by atoms with Crippen LogP contribution < -0.4 is 4.74 Å². The molecule has 1 saturated heterocycles. The Hall–Kier alpha value is -1.86. The molecule has 0 aliphatic carbocycles. The van der Waals surface area contributed by atoms with Crippen LogP contribution in [-0.2, 0) is 16.4 Å². The molecule has 0 radical (unpaired) electrons. The number of carbonyl (C=O) groups excluding carboxylic acids is 1. The second kappa shape index (κ2) is 9.56. The summed E-state index contributed by atoms with van der Waals surface area (Å²) in [5.74, 6) is 0.813. The minimum absolute atomic E-state index is 0.0444. The Morgan fingerprint density at radius 3 is 2.61 bits per heavy atom. The number of unbranched alkanes of at least 4 members (excludes halogenated alkanes) is 2. The Kier molecular flexibility index (Phi) is 7.13. The fourth-order valence-corrected chi connectivity index (χ4v) is 5.79. The molecule has 1 aliphatic rings. The van der Waals surface area contributed by atoms with Crippen molar-refractivity contribution in [1.82, 2.24) is 4.90 Å². The van der Waals surface area contributed by atoms with Gasteiger partial charge in [0.05, 0.1) is 24.7 Å². The van der Waals surface area contributed by atoms with Gasteiger partial charge in [0.2, 0.25) is 0 Å². The van der Waals surface area contributed by atoms with E-state index in [2.05, 4.69) is 6.92 Å². The van der Waals surface area contributed by atoms with Gasteiger partial charge in [0.1, 0.15) is 5.75 Å². The Labute approximate surface area is 171 Å². The molecule has 5 nitrogen and oxygen atoms in total.